The molecular formula is C32H41F5N2O2. The molecule has 4 aliphatic rings. The minimum Gasteiger partial charge on any atom is -0.381 e. The number of carbonyl (C=O) groups excluding carboxylic acids is 1. The quantitative estimate of drug-likeness (QED) is 0.220. The SMILES string of the molecule is CCC1COCCC1C=CC1CCC(CC(F)F)(C(=O)CC2=CC3CC(C2)N(c2cc(C(F)(F)F)cnc2C)C3)C1. The standard InChI is InChI=1S/C32H41F5N2O2/c1-3-24-19-41-9-7-25(24)5-4-21-6-8-31(15-21,16-30(33)34)29(40)13-22-10-23-12-27(11-22)39(18-23)28-14-26(32(35,36)37)17-38-20(28)2/h4-5,10,14,17,21,23-25,27,30H,3,6-9,11-13,15-16,18-19H2,1-2H3. The second-order valence-electron chi connectivity index (χ2n) is 12.7. The molecule has 6 atom stereocenters. The molecule has 0 amide bonds. The number of carbonyl (C=O) groups is 1. The number of ether oxygens (including phenoxy) is 1. The lowest BCUT2D eigenvalue weighted by atomic mass is 9.74. The van der Waals surface area contributed by atoms with Crippen LogP contribution < -0.4 is 4.90 Å². The molecule has 1 aromatic rings. The Morgan fingerprint density at radius 2 is 2.07 bits per heavy atom. The Morgan fingerprint density at radius 3 is 2.80 bits per heavy atom. The van der Waals surface area contributed by atoms with E-state index in [9.17, 15) is 26.7 Å². The Balaban J connectivity index is 1.26. The Labute approximate surface area is 239 Å². The predicted octanol–water partition coefficient (Wildman–Crippen LogP) is 7.95. The molecule has 1 saturated carbocycles. The molecule has 2 saturated heterocycles. The van der Waals surface area contributed by atoms with Crippen LogP contribution in [0.25, 0.3) is 0 Å². The van der Waals surface area contributed by atoms with Gasteiger partial charge in [-0.15, -0.1) is 0 Å². The Morgan fingerprint density at radius 1 is 1.27 bits per heavy atom. The molecule has 1 aromatic heterocycles. The average Bonchev–Trinajstić information content (AvgIpc) is 3.47. The van der Waals surface area contributed by atoms with E-state index in [1.165, 1.54) is 6.07 Å². The highest BCUT2D eigenvalue weighted by Gasteiger charge is 2.47. The lowest BCUT2D eigenvalue weighted by Gasteiger charge is -2.31. The summed E-state index contributed by atoms with van der Waals surface area (Å²) in [5.41, 5.74) is 0.139. The summed E-state index contributed by atoms with van der Waals surface area (Å²) in [6.45, 7) is 5.92. The topological polar surface area (TPSA) is 42.4 Å². The molecule has 0 N–H and O–H groups in total. The number of halogens is 5. The summed E-state index contributed by atoms with van der Waals surface area (Å²) in [5, 5.41) is 0. The van der Waals surface area contributed by atoms with Gasteiger partial charge in [0.1, 0.15) is 5.78 Å². The summed E-state index contributed by atoms with van der Waals surface area (Å²) in [5.74, 6) is 1.01. The lowest BCUT2D eigenvalue weighted by Crippen LogP contribution is -2.33. The van der Waals surface area contributed by atoms with E-state index in [1.807, 2.05) is 4.90 Å². The van der Waals surface area contributed by atoms with Gasteiger partial charge in [0.25, 0.3) is 0 Å². The van der Waals surface area contributed by atoms with Gasteiger partial charge in [0.05, 0.1) is 16.9 Å². The van der Waals surface area contributed by atoms with E-state index in [0.29, 0.717) is 49.0 Å². The third kappa shape index (κ3) is 6.70. The van der Waals surface area contributed by atoms with Crippen LogP contribution in [0, 0.1) is 36.0 Å². The van der Waals surface area contributed by atoms with Gasteiger partial charge in [-0.05, 0) is 75.2 Å². The number of Topliss-reactive ketones (excluding diaryl/α,β-unsaturated/α-hetero) is 1. The van der Waals surface area contributed by atoms with Gasteiger partial charge in [0.2, 0.25) is 6.43 Å². The number of anilines is 1. The highest BCUT2D eigenvalue weighted by Crippen LogP contribution is 2.49. The largest absolute Gasteiger partial charge is 0.417 e. The van der Waals surface area contributed by atoms with Crippen molar-refractivity contribution < 1.29 is 31.5 Å². The predicted molar refractivity (Wildman–Crippen MR) is 148 cm³/mol. The molecule has 0 spiro atoms. The van der Waals surface area contributed by atoms with E-state index in [4.69, 9.17) is 4.74 Å². The van der Waals surface area contributed by atoms with Crippen molar-refractivity contribution in [3.63, 3.8) is 0 Å². The van der Waals surface area contributed by atoms with Crippen molar-refractivity contribution in [1.29, 1.82) is 0 Å². The van der Waals surface area contributed by atoms with Gasteiger partial charge in [-0.25, -0.2) is 8.78 Å². The molecule has 0 radical (unpaired) electrons. The van der Waals surface area contributed by atoms with Crippen molar-refractivity contribution in [1.82, 2.24) is 4.98 Å². The first-order chi connectivity index (χ1) is 19.5. The van der Waals surface area contributed by atoms with Crippen LogP contribution in [0.15, 0.2) is 36.1 Å². The number of alkyl halides is 5. The number of rotatable bonds is 9. The molecule has 0 aromatic carbocycles. The number of allylic oxidation sites excluding steroid dienone is 2. The van der Waals surface area contributed by atoms with Crippen LogP contribution in [0.3, 0.4) is 0 Å². The van der Waals surface area contributed by atoms with Gasteiger partial charge in [-0.3, -0.25) is 9.78 Å². The highest BCUT2D eigenvalue weighted by atomic mass is 19.4. The second kappa shape index (κ2) is 12.1. The summed E-state index contributed by atoms with van der Waals surface area (Å²) in [7, 11) is 0. The van der Waals surface area contributed by atoms with Gasteiger partial charge in [0, 0.05) is 50.3 Å². The maximum absolute atomic E-state index is 13.8. The molecular weight excluding hydrogens is 539 g/mol. The van der Waals surface area contributed by atoms with Crippen LogP contribution in [0.5, 0.6) is 0 Å². The van der Waals surface area contributed by atoms with Gasteiger partial charge < -0.3 is 9.64 Å². The number of pyridine rings is 1. The first-order valence-electron chi connectivity index (χ1n) is 15.0. The van der Waals surface area contributed by atoms with Crippen LogP contribution in [0.4, 0.5) is 27.6 Å². The molecule has 5 rings (SSSR count). The lowest BCUT2D eigenvalue weighted by molar-refractivity contribution is -0.137. The highest BCUT2D eigenvalue weighted by molar-refractivity contribution is 5.87. The minimum atomic E-state index is -4.48. The number of hydrogen-bond donors (Lipinski definition) is 0. The zero-order valence-electron chi connectivity index (χ0n) is 23.9. The van der Waals surface area contributed by atoms with Crippen molar-refractivity contribution in [2.45, 2.75) is 90.3 Å². The smallest absolute Gasteiger partial charge is 0.381 e. The number of aromatic nitrogens is 1. The van der Waals surface area contributed by atoms with E-state index < -0.39 is 30.0 Å². The molecule has 2 bridgehead atoms. The molecule has 9 heteroatoms. The zero-order valence-corrected chi connectivity index (χ0v) is 23.9. The fourth-order valence-corrected chi connectivity index (χ4v) is 7.73. The molecule has 3 heterocycles. The molecule has 2 aliphatic heterocycles. The third-order valence-electron chi connectivity index (χ3n) is 9.97. The normalized spacial score (nSPS) is 32.2. The minimum absolute atomic E-state index is 0.0342. The molecule has 6 unspecified atom stereocenters. The number of aryl methyl sites for hydroxylation is 1. The second-order valence-corrected chi connectivity index (χ2v) is 12.7. The van der Waals surface area contributed by atoms with E-state index >= 15 is 0 Å². The molecule has 226 valence electrons. The summed E-state index contributed by atoms with van der Waals surface area (Å²) < 4.78 is 73.3. The van der Waals surface area contributed by atoms with Gasteiger partial charge >= 0.3 is 6.18 Å². The third-order valence-corrected chi connectivity index (χ3v) is 9.97. The van der Waals surface area contributed by atoms with Crippen LogP contribution in [0.2, 0.25) is 0 Å². The first-order valence-corrected chi connectivity index (χ1v) is 15.0. The van der Waals surface area contributed by atoms with Crippen LogP contribution in [-0.4, -0.2) is 43.0 Å². The summed E-state index contributed by atoms with van der Waals surface area (Å²) >= 11 is 0. The van der Waals surface area contributed by atoms with Crippen molar-refractivity contribution in [3.05, 3.63) is 47.3 Å². The van der Waals surface area contributed by atoms with Crippen molar-refractivity contribution >= 4 is 11.5 Å². The van der Waals surface area contributed by atoms with Gasteiger partial charge in [-0.1, -0.05) is 37.1 Å². The molecule has 2 aliphatic carbocycles. The fraction of sp³-hybridized carbons (Fsp3) is 0.688. The fourth-order valence-electron chi connectivity index (χ4n) is 7.73. The Kier molecular flexibility index (Phi) is 8.93. The maximum atomic E-state index is 13.8. The van der Waals surface area contributed by atoms with Crippen molar-refractivity contribution in [2.24, 2.45) is 29.1 Å². The summed E-state index contributed by atoms with van der Waals surface area (Å²) in [4.78, 5) is 19.7. The van der Waals surface area contributed by atoms with Crippen molar-refractivity contribution in [2.75, 3.05) is 24.7 Å². The Hall–Kier alpha value is -2.29. The van der Waals surface area contributed by atoms with E-state index in [2.05, 4.69) is 30.1 Å². The molecule has 41 heavy (non-hydrogen) atoms. The zero-order chi connectivity index (χ0) is 29.4. The number of fused-ring (bicyclic) bond motifs is 2. The van der Waals surface area contributed by atoms with Gasteiger partial charge in [-0.2, -0.15) is 13.2 Å². The summed E-state index contributed by atoms with van der Waals surface area (Å²) in [6, 6.07) is 1.13. The number of ketones is 1. The number of hydrogen-bond acceptors (Lipinski definition) is 4. The van der Waals surface area contributed by atoms with Crippen LogP contribution >= 0.6 is 0 Å². The Bertz CT molecular complexity index is 1170. The molecule has 3 fully saturated rings. The first kappa shape index (κ1) is 30.2. The number of nitrogens with zero attached hydrogens (tertiary/aromatic N) is 2. The maximum Gasteiger partial charge on any atom is 0.417 e. The molecule has 4 nitrogen and oxygen atoms in total. The van der Waals surface area contributed by atoms with Crippen LogP contribution in [0.1, 0.15) is 76.0 Å². The average molecular weight is 581 g/mol. The van der Waals surface area contributed by atoms with E-state index in [1.54, 1.807) is 6.92 Å². The van der Waals surface area contributed by atoms with Crippen molar-refractivity contribution in [3.8, 4) is 0 Å². The van der Waals surface area contributed by atoms with E-state index in [-0.39, 0.29) is 30.1 Å². The summed E-state index contributed by atoms with van der Waals surface area (Å²) in [6.07, 6.45) is 5.05. The monoisotopic (exact) mass is 580 g/mol. The van der Waals surface area contributed by atoms with Gasteiger partial charge in [0.15, 0.2) is 0 Å². The van der Waals surface area contributed by atoms with E-state index in [0.717, 1.165) is 50.7 Å². The van der Waals surface area contributed by atoms with Crippen LogP contribution in [-0.2, 0) is 15.7 Å².